The second-order valence-corrected chi connectivity index (χ2v) is 5.26. The van der Waals surface area contributed by atoms with Crippen LogP contribution in [-0.2, 0) is 9.57 Å². The Morgan fingerprint density at radius 2 is 2.00 bits per heavy atom. The number of hydrogen-bond acceptors (Lipinski definition) is 4. The first-order valence-corrected chi connectivity index (χ1v) is 5.66. The minimum Gasteiger partial charge on any atom is -0.444 e. The number of likely N-dealkylation sites (N-methyl/N-ethyl adjacent to an activating group) is 1. The van der Waals surface area contributed by atoms with E-state index in [9.17, 15) is 4.79 Å². The largest absolute Gasteiger partial charge is 0.444 e. The lowest BCUT2D eigenvalue weighted by Crippen LogP contribution is -2.45. The van der Waals surface area contributed by atoms with Crippen molar-refractivity contribution in [3.63, 3.8) is 0 Å². The Hall–Kier alpha value is -0.810. The number of rotatable bonds is 2. The fourth-order valence-corrected chi connectivity index (χ4v) is 1.98. The molecule has 0 aromatic heterocycles. The average Bonchev–Trinajstić information content (AvgIpc) is 2.61. The molecular weight excluding hydrogens is 208 g/mol. The van der Waals surface area contributed by atoms with Gasteiger partial charge >= 0.3 is 6.09 Å². The molecule has 0 radical (unpaired) electrons. The van der Waals surface area contributed by atoms with Gasteiger partial charge in [0, 0.05) is 7.05 Å². The van der Waals surface area contributed by atoms with Crippen LogP contribution in [0.3, 0.4) is 0 Å². The first kappa shape index (κ1) is 13.3. The standard InChI is InChI=1S/C11H22N2O3/c1-11(2,3)15-10(14)13(4)8-6-5-7-9(8)16-12/h8-9H,5-7,12H2,1-4H3/t8-,9-/m1/s1. The van der Waals surface area contributed by atoms with E-state index in [4.69, 9.17) is 15.5 Å². The van der Waals surface area contributed by atoms with Gasteiger partial charge in [-0.1, -0.05) is 0 Å². The molecule has 16 heavy (non-hydrogen) atoms. The van der Waals surface area contributed by atoms with E-state index in [0.717, 1.165) is 19.3 Å². The van der Waals surface area contributed by atoms with Gasteiger partial charge in [-0.05, 0) is 40.0 Å². The number of nitrogens with zero attached hydrogens (tertiary/aromatic N) is 1. The number of carbonyl (C=O) groups is 1. The van der Waals surface area contributed by atoms with Crippen molar-refractivity contribution in [2.45, 2.75) is 57.8 Å². The van der Waals surface area contributed by atoms with Crippen molar-refractivity contribution in [2.24, 2.45) is 5.90 Å². The van der Waals surface area contributed by atoms with E-state index in [2.05, 4.69) is 0 Å². The van der Waals surface area contributed by atoms with E-state index in [1.807, 2.05) is 20.8 Å². The zero-order valence-corrected chi connectivity index (χ0v) is 10.5. The van der Waals surface area contributed by atoms with Crippen LogP contribution in [-0.4, -0.2) is 35.8 Å². The highest BCUT2D eigenvalue weighted by Gasteiger charge is 2.35. The van der Waals surface area contributed by atoms with Crippen molar-refractivity contribution in [3.8, 4) is 0 Å². The Kier molecular flexibility index (Phi) is 4.15. The van der Waals surface area contributed by atoms with E-state index >= 15 is 0 Å². The monoisotopic (exact) mass is 230 g/mol. The first-order chi connectivity index (χ1) is 7.35. The van der Waals surface area contributed by atoms with Crippen molar-refractivity contribution >= 4 is 6.09 Å². The van der Waals surface area contributed by atoms with Crippen LogP contribution in [0.15, 0.2) is 0 Å². The quantitative estimate of drug-likeness (QED) is 0.733. The molecule has 0 heterocycles. The normalized spacial score (nSPS) is 25.6. The van der Waals surface area contributed by atoms with Gasteiger partial charge in [-0.15, -0.1) is 0 Å². The van der Waals surface area contributed by atoms with E-state index in [1.165, 1.54) is 0 Å². The molecule has 0 unspecified atom stereocenters. The third-order valence-electron chi connectivity index (χ3n) is 2.77. The summed E-state index contributed by atoms with van der Waals surface area (Å²) in [4.78, 5) is 18.3. The van der Waals surface area contributed by atoms with Crippen LogP contribution in [0.2, 0.25) is 0 Å². The SMILES string of the molecule is CN(C(=O)OC(C)(C)C)[C@@H]1CCC[C@H]1ON. The highest BCUT2D eigenvalue weighted by Crippen LogP contribution is 2.26. The Labute approximate surface area is 96.8 Å². The molecule has 1 saturated carbocycles. The summed E-state index contributed by atoms with van der Waals surface area (Å²) in [5.41, 5.74) is -0.469. The molecule has 0 aromatic carbocycles. The van der Waals surface area contributed by atoms with E-state index < -0.39 is 5.60 Å². The lowest BCUT2D eigenvalue weighted by Gasteiger charge is -2.30. The molecular formula is C11H22N2O3. The predicted molar refractivity (Wildman–Crippen MR) is 60.7 cm³/mol. The zero-order chi connectivity index (χ0) is 12.3. The number of carbonyl (C=O) groups excluding carboxylic acids is 1. The zero-order valence-electron chi connectivity index (χ0n) is 10.5. The summed E-state index contributed by atoms with van der Waals surface area (Å²) in [5, 5.41) is 0. The lowest BCUT2D eigenvalue weighted by molar-refractivity contribution is -0.0143. The van der Waals surface area contributed by atoms with Crippen LogP contribution in [0.25, 0.3) is 0 Å². The van der Waals surface area contributed by atoms with Gasteiger partial charge in [0.1, 0.15) is 5.60 Å². The Morgan fingerprint density at radius 3 is 2.50 bits per heavy atom. The van der Waals surface area contributed by atoms with Crippen molar-refractivity contribution in [1.82, 2.24) is 4.90 Å². The molecule has 0 spiro atoms. The van der Waals surface area contributed by atoms with Gasteiger partial charge in [-0.3, -0.25) is 4.84 Å². The van der Waals surface area contributed by atoms with Gasteiger partial charge in [0.2, 0.25) is 0 Å². The minimum absolute atomic E-state index is 0.0276. The predicted octanol–water partition coefficient (Wildman–Crippen LogP) is 1.66. The summed E-state index contributed by atoms with van der Waals surface area (Å²) in [6.45, 7) is 5.55. The van der Waals surface area contributed by atoms with Crippen LogP contribution in [0.5, 0.6) is 0 Å². The molecule has 2 atom stereocenters. The first-order valence-electron chi connectivity index (χ1n) is 5.66. The molecule has 94 valence electrons. The van der Waals surface area contributed by atoms with E-state index in [-0.39, 0.29) is 18.2 Å². The molecule has 1 aliphatic carbocycles. The topological polar surface area (TPSA) is 64.8 Å². The molecule has 0 aromatic rings. The minimum atomic E-state index is -0.469. The molecule has 2 N–H and O–H groups in total. The van der Waals surface area contributed by atoms with Crippen molar-refractivity contribution in [1.29, 1.82) is 0 Å². The van der Waals surface area contributed by atoms with Gasteiger partial charge in [-0.2, -0.15) is 0 Å². The van der Waals surface area contributed by atoms with Crippen molar-refractivity contribution in [3.05, 3.63) is 0 Å². The Balaban J connectivity index is 2.56. The van der Waals surface area contributed by atoms with E-state index in [0.29, 0.717) is 0 Å². The Bertz CT molecular complexity index is 250. The second kappa shape index (κ2) is 5.01. The number of nitrogens with two attached hydrogens (primary N) is 1. The molecule has 0 bridgehead atoms. The molecule has 0 aliphatic heterocycles. The molecule has 1 aliphatic rings. The summed E-state index contributed by atoms with van der Waals surface area (Å²) in [6, 6.07) is 0.0276. The maximum atomic E-state index is 11.8. The number of amides is 1. The molecule has 1 rings (SSSR count). The van der Waals surface area contributed by atoms with Crippen LogP contribution in [0.1, 0.15) is 40.0 Å². The third kappa shape index (κ3) is 3.35. The summed E-state index contributed by atoms with van der Waals surface area (Å²) in [6.07, 6.45) is 2.45. The highest BCUT2D eigenvalue weighted by atomic mass is 16.6. The maximum Gasteiger partial charge on any atom is 0.410 e. The van der Waals surface area contributed by atoms with Gasteiger partial charge in [0.15, 0.2) is 0 Å². The van der Waals surface area contributed by atoms with Crippen molar-refractivity contribution < 1.29 is 14.4 Å². The van der Waals surface area contributed by atoms with Gasteiger partial charge in [-0.25, -0.2) is 10.7 Å². The highest BCUT2D eigenvalue weighted by molar-refractivity contribution is 5.68. The fourth-order valence-electron chi connectivity index (χ4n) is 1.98. The van der Waals surface area contributed by atoms with Crippen LogP contribution in [0.4, 0.5) is 4.79 Å². The van der Waals surface area contributed by atoms with Crippen LogP contribution in [0, 0.1) is 0 Å². The molecule has 5 nitrogen and oxygen atoms in total. The van der Waals surface area contributed by atoms with Gasteiger partial charge in [0.05, 0.1) is 12.1 Å². The third-order valence-corrected chi connectivity index (χ3v) is 2.77. The summed E-state index contributed by atoms with van der Waals surface area (Å²) in [7, 11) is 1.73. The Morgan fingerprint density at radius 1 is 1.38 bits per heavy atom. The molecule has 1 fully saturated rings. The lowest BCUT2D eigenvalue weighted by atomic mass is 10.2. The average molecular weight is 230 g/mol. The second-order valence-electron chi connectivity index (χ2n) is 5.26. The summed E-state index contributed by atoms with van der Waals surface area (Å²) in [5.74, 6) is 5.21. The van der Waals surface area contributed by atoms with Gasteiger partial charge in [0.25, 0.3) is 0 Å². The summed E-state index contributed by atoms with van der Waals surface area (Å²) >= 11 is 0. The maximum absolute atomic E-state index is 11.8. The van der Waals surface area contributed by atoms with Crippen LogP contribution < -0.4 is 5.90 Å². The van der Waals surface area contributed by atoms with Crippen LogP contribution >= 0.6 is 0 Å². The van der Waals surface area contributed by atoms with E-state index in [1.54, 1.807) is 11.9 Å². The summed E-state index contributed by atoms with van der Waals surface area (Å²) < 4.78 is 5.30. The number of hydrogen-bond donors (Lipinski definition) is 1. The molecule has 0 saturated heterocycles. The fraction of sp³-hybridized carbons (Fsp3) is 0.909. The van der Waals surface area contributed by atoms with Gasteiger partial charge < -0.3 is 9.64 Å². The molecule has 1 amide bonds. The molecule has 5 heteroatoms. The number of ether oxygens (including phenoxy) is 1. The van der Waals surface area contributed by atoms with Crippen molar-refractivity contribution in [2.75, 3.05) is 7.05 Å². The smallest absolute Gasteiger partial charge is 0.410 e.